The predicted molar refractivity (Wildman–Crippen MR) is 310 cm³/mol. The van der Waals surface area contributed by atoms with Crippen LogP contribution in [0.2, 0.25) is 10.0 Å². The maximum Gasteiger partial charge on any atom is 0.469 e. The molecular weight excluding hydrogens is 1230 g/mol. The Morgan fingerprint density at radius 3 is 1.41 bits per heavy atom. The molecule has 4 aromatic heterocycles. The fourth-order valence-electron chi connectivity index (χ4n) is 9.74. The summed E-state index contributed by atoms with van der Waals surface area (Å²) in [5, 5.41) is 16.5. The highest BCUT2D eigenvalue weighted by atomic mass is 36.0. The number of piperidine rings is 2. The number of hydrogen-bond donors (Lipinski definition) is 5. The standard InChI is InChI=1S/C23H28ClN6O7PS.C23H27ClN6O4S.CH4.Cl3OP/c1-14-11-30-21(25-22(14)28-12-16(13-28)37-38(32,33)34)10-19(26-30)20-5-3-4-8-29(20)23(31)17-9-15(24)6-7-18(17)27-39(2,35)36;1-14-11-30-21(25-22(14)28-12-16(31)13-28)10-19(26-30)20-5-3-4-8-29(20)23(32)17-9-15(24)6-7-18(17)27-35(2,33)34;;1-5(2,3)4/h6-7,9-11,16,20,27H,3-5,8,12-13H2,1-2H3,(H2,32,33,34);6-7,9-11,16,20,27,31H,3-5,8,12-13H2,1-2H3;1H4;/t2*20-;;/m00../s1. The minimum Gasteiger partial charge on any atom is -0.389 e. The van der Waals surface area contributed by atoms with E-state index in [1.807, 2.05) is 48.2 Å². The molecule has 0 aliphatic carbocycles. The molecule has 33 heteroatoms. The molecule has 2 aromatic carbocycles. The van der Waals surface area contributed by atoms with Gasteiger partial charge in [-0.3, -0.25) is 28.1 Å². The van der Waals surface area contributed by atoms with Crippen LogP contribution in [0.5, 0.6) is 0 Å². The molecular formula is C47H59Cl5N12O12P2S2. The van der Waals surface area contributed by atoms with Crippen LogP contribution in [0.3, 0.4) is 0 Å². The van der Waals surface area contributed by atoms with Crippen molar-refractivity contribution >= 4 is 136 Å². The topological polar surface area (TPSA) is 304 Å². The molecule has 80 heavy (non-hydrogen) atoms. The maximum absolute atomic E-state index is 13.7. The lowest BCUT2D eigenvalue weighted by atomic mass is 9.98. The Balaban J connectivity index is 0.000000212. The lowest BCUT2D eigenvalue weighted by Crippen LogP contribution is -2.52. The molecule has 5 N–H and O–H groups in total. The molecule has 2 amide bonds. The van der Waals surface area contributed by atoms with Crippen molar-refractivity contribution in [2.24, 2.45) is 0 Å². The zero-order valence-electron chi connectivity index (χ0n) is 42.7. The number of amides is 2. The SMILES string of the molecule is C.Cc1cn2nc([C@@H]3CCCCN3C(=O)c3cc(Cl)ccc3NS(C)(=O)=O)cc2nc1N1CC(O)C1.Cc1cn2nc([C@@H]3CCCCN3C(=O)c3cc(Cl)ccc3NS(C)(=O)=O)cc2nc1N1CC(OP(=O)(O)O)C1.O=P(Cl)(Cl)Cl. The normalized spacial score (nSPS) is 18.3. The summed E-state index contributed by atoms with van der Waals surface area (Å²) >= 11 is 26.2. The second-order valence-corrected chi connectivity index (χ2v) is 31.7. The number of halogens is 5. The van der Waals surface area contributed by atoms with E-state index in [9.17, 15) is 40.7 Å². The Morgan fingerprint density at radius 1 is 0.662 bits per heavy atom. The summed E-state index contributed by atoms with van der Waals surface area (Å²) in [6.07, 6.45) is 9.73. The number of phosphoric ester groups is 1. The van der Waals surface area contributed by atoms with Gasteiger partial charge >= 0.3 is 13.0 Å². The average molecular weight is 1290 g/mol. The Morgan fingerprint density at radius 2 is 1.05 bits per heavy atom. The van der Waals surface area contributed by atoms with E-state index in [2.05, 4.69) is 43.2 Å². The number of anilines is 4. The number of rotatable bonds is 12. The van der Waals surface area contributed by atoms with Gasteiger partial charge in [-0.15, -0.1) is 0 Å². The highest BCUT2D eigenvalue weighted by Crippen LogP contribution is 2.61. The van der Waals surface area contributed by atoms with Gasteiger partial charge in [-0.25, -0.2) is 40.4 Å². The third-order valence-corrected chi connectivity index (χ3v) is 15.3. The average Bonchev–Trinajstić information content (AvgIpc) is 3.94. The predicted octanol–water partition coefficient (Wildman–Crippen LogP) is 8.79. The van der Waals surface area contributed by atoms with Crippen molar-refractivity contribution in [1.82, 2.24) is 39.0 Å². The van der Waals surface area contributed by atoms with Crippen LogP contribution in [0.15, 0.2) is 60.9 Å². The number of sulfonamides is 2. The smallest absolute Gasteiger partial charge is 0.389 e. The van der Waals surface area contributed by atoms with Gasteiger partial charge in [-0.2, -0.15) is 10.2 Å². The van der Waals surface area contributed by atoms with E-state index in [0.29, 0.717) is 78.5 Å². The lowest BCUT2D eigenvalue weighted by molar-refractivity contribution is 0.0600. The molecule has 4 aliphatic rings. The molecule has 8 heterocycles. The van der Waals surface area contributed by atoms with Crippen molar-refractivity contribution < 1.29 is 55.0 Å². The Hall–Kier alpha value is -4.53. The van der Waals surface area contributed by atoms with Crippen molar-refractivity contribution in [3.8, 4) is 0 Å². The van der Waals surface area contributed by atoms with Crippen LogP contribution in [0.25, 0.3) is 11.3 Å². The number of carbonyl (C=O) groups excluding carboxylic acids is 2. The molecule has 436 valence electrons. The van der Waals surface area contributed by atoms with Crippen LogP contribution >= 0.6 is 69.9 Å². The van der Waals surface area contributed by atoms with E-state index in [0.717, 1.165) is 67.3 Å². The third kappa shape index (κ3) is 16.2. The van der Waals surface area contributed by atoms with E-state index >= 15 is 0 Å². The molecule has 4 fully saturated rings. The van der Waals surface area contributed by atoms with Gasteiger partial charge in [-0.1, -0.05) is 30.6 Å². The van der Waals surface area contributed by atoms with Gasteiger partial charge in [-0.05, 0) is 122 Å². The number of nitrogens with one attached hydrogen (secondary N) is 2. The Kier molecular flexibility index (Phi) is 19.8. The van der Waals surface area contributed by atoms with Crippen molar-refractivity contribution in [1.29, 1.82) is 0 Å². The largest absolute Gasteiger partial charge is 0.469 e. The number of β-amino-alcohol motifs (C(OH)–C–C–N with tert-alkyl or cyclic N) is 1. The first-order valence-corrected chi connectivity index (χ1v) is 34.9. The highest BCUT2D eigenvalue weighted by molar-refractivity contribution is 8.24. The molecule has 0 bridgehead atoms. The number of aryl methyl sites for hydroxylation is 2. The fourth-order valence-corrected chi connectivity index (χ4v) is 11.8. The van der Waals surface area contributed by atoms with Gasteiger partial charge in [0.05, 0.1) is 64.6 Å². The first-order chi connectivity index (χ1) is 36.9. The summed E-state index contributed by atoms with van der Waals surface area (Å²) in [5.74, 6) is 0.819. The highest BCUT2D eigenvalue weighted by Gasteiger charge is 2.37. The fraction of sp³-hybridized carbons (Fsp3) is 0.447. The number of phosphoric acid groups is 1. The summed E-state index contributed by atoms with van der Waals surface area (Å²) in [4.78, 5) is 62.3. The van der Waals surface area contributed by atoms with E-state index in [1.54, 1.807) is 24.9 Å². The van der Waals surface area contributed by atoms with Gasteiger partial charge in [0.25, 0.3) is 11.8 Å². The summed E-state index contributed by atoms with van der Waals surface area (Å²) in [6.45, 7) is 6.51. The van der Waals surface area contributed by atoms with E-state index in [4.69, 9.17) is 57.7 Å². The molecule has 10 rings (SSSR count). The van der Waals surface area contributed by atoms with Crippen LogP contribution in [0.4, 0.5) is 23.0 Å². The van der Waals surface area contributed by atoms with Gasteiger partial charge in [0, 0.05) is 85.0 Å². The van der Waals surface area contributed by atoms with Crippen LogP contribution in [-0.2, 0) is 33.7 Å². The number of benzene rings is 2. The second kappa shape index (κ2) is 25.1. The second-order valence-electron chi connectivity index (χ2n) is 19.5. The van der Waals surface area contributed by atoms with Crippen molar-refractivity contribution in [2.75, 3.05) is 71.0 Å². The monoisotopic (exact) mass is 1280 g/mol. The van der Waals surface area contributed by atoms with Gasteiger partial charge in [0.1, 0.15) is 17.7 Å². The molecule has 24 nitrogen and oxygen atoms in total. The van der Waals surface area contributed by atoms with Crippen molar-refractivity contribution in [3.63, 3.8) is 0 Å². The minimum atomic E-state index is -4.56. The maximum atomic E-state index is 13.7. The zero-order valence-corrected chi connectivity index (χ0v) is 49.9. The summed E-state index contributed by atoms with van der Waals surface area (Å²) in [6, 6.07) is 12.1. The quantitative estimate of drug-likeness (QED) is 0.0715. The van der Waals surface area contributed by atoms with Gasteiger partial charge in [0.15, 0.2) is 11.3 Å². The lowest BCUT2D eigenvalue weighted by Gasteiger charge is -2.40. The van der Waals surface area contributed by atoms with Gasteiger partial charge in [0.2, 0.25) is 20.0 Å². The first-order valence-electron chi connectivity index (χ1n) is 24.4. The van der Waals surface area contributed by atoms with Crippen molar-refractivity contribution in [3.05, 3.63) is 105 Å². The molecule has 0 radical (unpaired) electrons. The molecule has 0 spiro atoms. The number of nitrogens with zero attached hydrogens (tertiary/aromatic N) is 10. The first kappa shape index (κ1) is 63.1. The molecule has 2 atom stereocenters. The van der Waals surface area contributed by atoms with Crippen LogP contribution in [0.1, 0.15) is 101 Å². The summed E-state index contributed by atoms with van der Waals surface area (Å²) in [7, 11) is -11.8. The number of aromatic nitrogens is 6. The summed E-state index contributed by atoms with van der Waals surface area (Å²) < 4.78 is 81.1. The summed E-state index contributed by atoms with van der Waals surface area (Å²) in [5.41, 5.74) is 5.08. The van der Waals surface area contributed by atoms with Crippen LogP contribution in [-0.4, -0.2) is 147 Å². The van der Waals surface area contributed by atoms with Gasteiger partial charge < -0.3 is 34.5 Å². The molecule has 0 unspecified atom stereocenters. The molecule has 6 aromatic rings. The number of aliphatic hydroxyl groups is 1. The molecule has 4 aliphatic heterocycles. The Bertz CT molecular complexity index is 3630. The number of hydrogen-bond acceptors (Lipinski definition) is 16. The van der Waals surface area contributed by atoms with E-state index < -0.39 is 39.2 Å². The number of carbonyl (C=O) groups is 2. The third-order valence-electron chi connectivity index (χ3n) is 13.1. The van der Waals surface area contributed by atoms with E-state index in [1.165, 1.54) is 30.3 Å². The zero-order chi connectivity index (χ0) is 57.5. The minimum absolute atomic E-state index is 0. The number of likely N-dealkylation sites (tertiary alicyclic amines) is 2. The molecule has 0 saturated carbocycles. The van der Waals surface area contributed by atoms with Crippen molar-refractivity contribution in [2.45, 2.75) is 84.1 Å². The molecule has 4 saturated heterocycles. The Labute approximate surface area is 486 Å². The van der Waals surface area contributed by atoms with Crippen LogP contribution in [0, 0.1) is 13.8 Å². The number of aliphatic hydroxyl groups excluding tert-OH is 1. The number of fused-ring (bicyclic) bond motifs is 2. The van der Waals surface area contributed by atoms with E-state index in [-0.39, 0.29) is 59.9 Å². The van der Waals surface area contributed by atoms with Crippen LogP contribution < -0.4 is 19.2 Å².